The predicted octanol–water partition coefficient (Wildman–Crippen LogP) is 3.02. The summed E-state index contributed by atoms with van der Waals surface area (Å²) in [6, 6.07) is 4.68. The first-order chi connectivity index (χ1) is 12.9. The molecule has 27 heavy (non-hydrogen) atoms. The number of nitrogens with one attached hydrogen (secondary N) is 1. The molecule has 0 spiro atoms. The highest BCUT2D eigenvalue weighted by molar-refractivity contribution is 5.78. The highest BCUT2D eigenvalue weighted by Crippen LogP contribution is 2.32. The van der Waals surface area contributed by atoms with Gasteiger partial charge in [0.15, 0.2) is 0 Å². The van der Waals surface area contributed by atoms with Crippen LogP contribution < -0.4 is 5.32 Å². The van der Waals surface area contributed by atoms with Crippen LogP contribution in [-0.4, -0.2) is 32.7 Å². The van der Waals surface area contributed by atoms with Crippen molar-refractivity contribution >= 4 is 11.9 Å². The number of halogens is 1. The van der Waals surface area contributed by atoms with Crippen LogP contribution in [0.25, 0.3) is 11.4 Å². The molecule has 1 aromatic carbocycles. The Morgan fingerprint density at radius 3 is 2.74 bits per heavy atom. The zero-order chi connectivity index (χ0) is 19.4. The summed E-state index contributed by atoms with van der Waals surface area (Å²) in [5.41, 5.74) is 0.382. The van der Waals surface area contributed by atoms with Crippen molar-refractivity contribution in [3.8, 4) is 11.4 Å². The molecule has 1 aliphatic carbocycles. The van der Waals surface area contributed by atoms with Gasteiger partial charge in [-0.25, -0.2) is 4.39 Å². The van der Waals surface area contributed by atoms with Crippen molar-refractivity contribution < 1.29 is 23.6 Å². The summed E-state index contributed by atoms with van der Waals surface area (Å²) in [5.74, 6) is -0.954. The molecule has 0 radical (unpaired) electrons. The number of carbonyl (C=O) groups excluding carboxylic acids is 1. The fourth-order valence-corrected chi connectivity index (χ4v) is 3.47. The Balaban J connectivity index is 1.58. The van der Waals surface area contributed by atoms with Gasteiger partial charge < -0.3 is 14.9 Å². The number of carboxylic acid groups (broad SMARTS) is 1. The number of nitrogens with zero attached hydrogens (tertiary/aromatic N) is 2. The van der Waals surface area contributed by atoms with Gasteiger partial charge in [-0.1, -0.05) is 30.1 Å². The standard InChI is InChI=1S/C19H22FN3O4/c1-12-4-5-13(10-14(12)20)18-21-16(27-23-18)7-6-15(24)22-19(11-17(25)26)8-2-3-9-19/h4-5,10H,2-3,6-9,11H2,1H3,(H,22,24)(H,25,26). The molecule has 1 aromatic heterocycles. The second-order valence-corrected chi connectivity index (χ2v) is 7.08. The number of rotatable bonds is 7. The van der Waals surface area contributed by atoms with Crippen LogP contribution in [0.1, 0.15) is 50.0 Å². The lowest BCUT2D eigenvalue weighted by Gasteiger charge is -2.28. The molecule has 1 saturated carbocycles. The Bertz CT molecular complexity index is 843. The third-order valence-electron chi connectivity index (χ3n) is 4.92. The second kappa shape index (κ2) is 7.85. The van der Waals surface area contributed by atoms with E-state index >= 15 is 0 Å². The van der Waals surface area contributed by atoms with E-state index in [2.05, 4.69) is 15.5 Å². The first-order valence-corrected chi connectivity index (χ1v) is 8.99. The largest absolute Gasteiger partial charge is 0.481 e. The van der Waals surface area contributed by atoms with Crippen LogP contribution in [0, 0.1) is 12.7 Å². The highest BCUT2D eigenvalue weighted by Gasteiger charge is 2.37. The van der Waals surface area contributed by atoms with Crippen molar-refractivity contribution in [2.45, 2.75) is 57.4 Å². The van der Waals surface area contributed by atoms with Gasteiger partial charge in [-0.2, -0.15) is 4.98 Å². The van der Waals surface area contributed by atoms with Crippen molar-refractivity contribution in [2.75, 3.05) is 0 Å². The summed E-state index contributed by atoms with van der Waals surface area (Å²) in [4.78, 5) is 27.6. The molecule has 0 bridgehead atoms. The van der Waals surface area contributed by atoms with Gasteiger partial charge in [0.25, 0.3) is 0 Å². The molecule has 1 fully saturated rings. The third-order valence-corrected chi connectivity index (χ3v) is 4.92. The molecule has 0 aliphatic heterocycles. The summed E-state index contributed by atoms with van der Waals surface area (Å²) < 4.78 is 18.8. The van der Waals surface area contributed by atoms with Gasteiger partial charge >= 0.3 is 5.97 Å². The lowest BCUT2D eigenvalue weighted by molar-refractivity contribution is -0.139. The number of carboxylic acids is 1. The Morgan fingerprint density at radius 2 is 2.07 bits per heavy atom. The van der Waals surface area contributed by atoms with Crippen LogP contribution in [0.15, 0.2) is 22.7 Å². The molecule has 144 valence electrons. The summed E-state index contributed by atoms with van der Waals surface area (Å²) in [6.45, 7) is 1.67. The molecule has 1 amide bonds. The van der Waals surface area contributed by atoms with E-state index in [-0.39, 0.29) is 42.7 Å². The Kier molecular flexibility index (Phi) is 5.53. The Morgan fingerprint density at radius 1 is 1.33 bits per heavy atom. The smallest absolute Gasteiger partial charge is 0.305 e. The van der Waals surface area contributed by atoms with Gasteiger partial charge in [-0.3, -0.25) is 9.59 Å². The first-order valence-electron chi connectivity index (χ1n) is 8.99. The summed E-state index contributed by atoms with van der Waals surface area (Å²) in [7, 11) is 0. The monoisotopic (exact) mass is 375 g/mol. The van der Waals surface area contributed by atoms with Gasteiger partial charge in [-0.05, 0) is 31.4 Å². The average Bonchev–Trinajstić information content (AvgIpc) is 3.25. The van der Waals surface area contributed by atoms with E-state index in [1.165, 1.54) is 6.07 Å². The van der Waals surface area contributed by atoms with Crippen LogP contribution >= 0.6 is 0 Å². The molecule has 0 atom stereocenters. The molecule has 2 N–H and O–H groups in total. The lowest BCUT2D eigenvalue weighted by atomic mass is 9.93. The van der Waals surface area contributed by atoms with E-state index in [9.17, 15) is 14.0 Å². The minimum Gasteiger partial charge on any atom is -0.481 e. The average molecular weight is 375 g/mol. The predicted molar refractivity (Wildman–Crippen MR) is 94.3 cm³/mol. The number of aryl methyl sites for hydroxylation is 2. The number of hydrogen-bond acceptors (Lipinski definition) is 5. The number of aromatic nitrogens is 2. The molecule has 0 saturated heterocycles. The highest BCUT2D eigenvalue weighted by atomic mass is 19.1. The normalized spacial score (nSPS) is 15.6. The van der Waals surface area contributed by atoms with Crippen LogP contribution in [0.3, 0.4) is 0 Å². The molecular formula is C19H22FN3O4. The Labute approximate surface area is 156 Å². The number of benzene rings is 1. The van der Waals surface area contributed by atoms with Gasteiger partial charge in [0.2, 0.25) is 17.6 Å². The molecule has 0 unspecified atom stereocenters. The zero-order valence-electron chi connectivity index (χ0n) is 15.1. The fourth-order valence-electron chi connectivity index (χ4n) is 3.47. The van der Waals surface area contributed by atoms with Crippen LogP contribution in [0.5, 0.6) is 0 Å². The number of hydrogen-bond donors (Lipinski definition) is 2. The van der Waals surface area contributed by atoms with Gasteiger partial charge in [-0.15, -0.1) is 0 Å². The van der Waals surface area contributed by atoms with Crippen molar-refractivity contribution in [3.63, 3.8) is 0 Å². The van der Waals surface area contributed by atoms with Gasteiger partial charge in [0, 0.05) is 18.4 Å². The van der Waals surface area contributed by atoms with Gasteiger partial charge in [0.05, 0.1) is 12.0 Å². The molecule has 7 nitrogen and oxygen atoms in total. The van der Waals surface area contributed by atoms with E-state index in [1.54, 1.807) is 19.1 Å². The minimum absolute atomic E-state index is 0.0670. The third kappa shape index (κ3) is 4.69. The maximum absolute atomic E-state index is 13.7. The number of carbonyl (C=O) groups is 2. The van der Waals surface area contributed by atoms with Gasteiger partial charge in [0.1, 0.15) is 5.82 Å². The van der Waals surface area contributed by atoms with Crippen molar-refractivity contribution in [2.24, 2.45) is 0 Å². The van der Waals surface area contributed by atoms with E-state index in [4.69, 9.17) is 9.63 Å². The van der Waals surface area contributed by atoms with Crippen molar-refractivity contribution in [3.05, 3.63) is 35.5 Å². The van der Waals surface area contributed by atoms with Crippen molar-refractivity contribution in [1.29, 1.82) is 0 Å². The molecule has 2 aromatic rings. The lowest BCUT2D eigenvalue weighted by Crippen LogP contribution is -2.47. The first kappa shape index (κ1) is 19.0. The summed E-state index contributed by atoms with van der Waals surface area (Å²) in [5, 5.41) is 15.8. The maximum Gasteiger partial charge on any atom is 0.305 e. The topological polar surface area (TPSA) is 105 Å². The van der Waals surface area contributed by atoms with Crippen molar-refractivity contribution in [1.82, 2.24) is 15.5 Å². The van der Waals surface area contributed by atoms with E-state index in [1.807, 2.05) is 0 Å². The summed E-state index contributed by atoms with van der Waals surface area (Å²) in [6.07, 6.45) is 3.45. The van der Waals surface area contributed by atoms with E-state index in [0.717, 1.165) is 12.8 Å². The quantitative estimate of drug-likeness (QED) is 0.771. The summed E-state index contributed by atoms with van der Waals surface area (Å²) >= 11 is 0. The zero-order valence-corrected chi connectivity index (χ0v) is 15.1. The molecule has 3 rings (SSSR count). The van der Waals surface area contributed by atoms with Crippen LogP contribution in [0.4, 0.5) is 4.39 Å². The minimum atomic E-state index is -0.913. The van der Waals surface area contributed by atoms with Crippen LogP contribution in [-0.2, 0) is 16.0 Å². The van der Waals surface area contributed by atoms with E-state index < -0.39 is 11.5 Å². The SMILES string of the molecule is Cc1ccc(-c2noc(CCC(=O)NC3(CC(=O)O)CCCC3)n2)cc1F. The maximum atomic E-state index is 13.7. The number of amides is 1. The molecule has 1 aliphatic rings. The Hall–Kier alpha value is -2.77. The fraction of sp³-hybridized carbons (Fsp3) is 0.474. The second-order valence-electron chi connectivity index (χ2n) is 7.08. The molecule has 8 heteroatoms. The number of aliphatic carboxylic acids is 1. The van der Waals surface area contributed by atoms with Crippen LogP contribution in [0.2, 0.25) is 0 Å². The molecule has 1 heterocycles. The molecular weight excluding hydrogens is 353 g/mol. The van der Waals surface area contributed by atoms with E-state index in [0.29, 0.717) is 24.0 Å².